The van der Waals surface area contributed by atoms with Gasteiger partial charge in [0, 0.05) is 6.07 Å². The number of esters is 1. The van der Waals surface area contributed by atoms with Crippen molar-refractivity contribution < 1.29 is 28.2 Å². The van der Waals surface area contributed by atoms with Crippen LogP contribution in [0.5, 0.6) is 5.75 Å². The van der Waals surface area contributed by atoms with Crippen molar-refractivity contribution in [1.82, 2.24) is 5.32 Å². The second-order valence-corrected chi connectivity index (χ2v) is 4.53. The number of nitrogens with one attached hydrogen (secondary N) is 1. The topological polar surface area (TPSA) is 73.9 Å². The number of carbonyl (C=O) groups is 2. The molecule has 0 heterocycles. The summed E-state index contributed by atoms with van der Waals surface area (Å²) >= 11 is 0. The molecule has 0 fully saturated rings. The number of hydrogen-bond acceptors (Lipinski definition) is 5. The van der Waals surface area contributed by atoms with E-state index in [4.69, 9.17) is 14.2 Å². The highest BCUT2D eigenvalue weighted by molar-refractivity contribution is 5.81. The molecule has 0 spiro atoms. The molecule has 0 bridgehead atoms. The predicted octanol–water partition coefficient (Wildman–Crippen LogP) is 1.45. The third kappa shape index (κ3) is 7.96. The summed E-state index contributed by atoms with van der Waals surface area (Å²) in [5, 5.41) is 2.51. The first-order valence-electron chi connectivity index (χ1n) is 7.07. The first-order chi connectivity index (χ1) is 11.0. The van der Waals surface area contributed by atoms with Gasteiger partial charge in [0.1, 0.15) is 18.2 Å². The van der Waals surface area contributed by atoms with Gasteiger partial charge in [-0.1, -0.05) is 12.1 Å². The van der Waals surface area contributed by atoms with E-state index in [1.807, 2.05) is 0 Å². The van der Waals surface area contributed by atoms with Gasteiger partial charge in [-0.15, -0.1) is 6.58 Å². The van der Waals surface area contributed by atoms with E-state index in [-0.39, 0.29) is 19.8 Å². The molecular formula is C16H20FNO5. The number of rotatable bonds is 10. The summed E-state index contributed by atoms with van der Waals surface area (Å²) in [6, 6.07) is 5.69. The number of hydrogen-bond donors (Lipinski definition) is 1. The maximum absolute atomic E-state index is 12.9. The Bertz CT molecular complexity index is 535. The zero-order valence-corrected chi connectivity index (χ0v) is 12.9. The van der Waals surface area contributed by atoms with Crippen LogP contribution in [0.1, 0.15) is 6.92 Å². The Morgan fingerprint density at radius 3 is 2.91 bits per heavy atom. The van der Waals surface area contributed by atoms with Gasteiger partial charge in [-0.2, -0.15) is 0 Å². The Hall–Kier alpha value is -2.41. The van der Waals surface area contributed by atoms with Gasteiger partial charge < -0.3 is 19.5 Å². The molecule has 1 unspecified atom stereocenters. The summed E-state index contributed by atoms with van der Waals surface area (Å²) in [6.45, 7) is 5.18. The zero-order chi connectivity index (χ0) is 17.1. The molecule has 1 aromatic carbocycles. The van der Waals surface area contributed by atoms with Crippen LogP contribution in [0.2, 0.25) is 0 Å². The fourth-order valence-corrected chi connectivity index (χ4v) is 1.50. The van der Waals surface area contributed by atoms with Crippen molar-refractivity contribution in [3.8, 4) is 5.75 Å². The summed E-state index contributed by atoms with van der Waals surface area (Å²) in [7, 11) is 0. The van der Waals surface area contributed by atoms with Gasteiger partial charge in [0.2, 0.25) is 0 Å². The van der Waals surface area contributed by atoms with E-state index in [2.05, 4.69) is 11.9 Å². The van der Waals surface area contributed by atoms with Crippen LogP contribution in [-0.2, 0) is 19.1 Å². The third-order valence-electron chi connectivity index (χ3n) is 2.63. The van der Waals surface area contributed by atoms with E-state index in [0.29, 0.717) is 5.75 Å². The van der Waals surface area contributed by atoms with Crippen molar-refractivity contribution >= 4 is 11.9 Å². The minimum Gasteiger partial charge on any atom is -0.492 e. The largest absolute Gasteiger partial charge is 0.492 e. The monoisotopic (exact) mass is 325 g/mol. The van der Waals surface area contributed by atoms with Crippen molar-refractivity contribution in [3.63, 3.8) is 0 Å². The average molecular weight is 325 g/mol. The summed E-state index contributed by atoms with van der Waals surface area (Å²) in [5.74, 6) is -1.11. The van der Waals surface area contributed by atoms with E-state index in [1.54, 1.807) is 6.07 Å². The van der Waals surface area contributed by atoms with E-state index >= 15 is 0 Å². The summed E-state index contributed by atoms with van der Waals surface area (Å²) in [4.78, 5) is 23.0. The molecule has 1 rings (SSSR count). The maximum Gasteiger partial charge on any atom is 0.335 e. The molecule has 0 radical (unpaired) electrons. The van der Waals surface area contributed by atoms with Gasteiger partial charge in [0.05, 0.1) is 13.2 Å². The molecule has 7 heteroatoms. The molecule has 126 valence electrons. The molecule has 1 aromatic rings. The lowest BCUT2D eigenvalue weighted by Crippen LogP contribution is -2.34. The quantitative estimate of drug-likeness (QED) is 0.400. The highest BCUT2D eigenvalue weighted by Gasteiger charge is 2.15. The predicted molar refractivity (Wildman–Crippen MR) is 81.5 cm³/mol. The zero-order valence-electron chi connectivity index (χ0n) is 12.9. The molecule has 23 heavy (non-hydrogen) atoms. The fourth-order valence-electron chi connectivity index (χ4n) is 1.50. The minimum absolute atomic E-state index is 0.169. The molecule has 1 N–H and O–H groups in total. The normalized spacial score (nSPS) is 11.4. The van der Waals surface area contributed by atoms with Crippen molar-refractivity contribution in [2.24, 2.45) is 0 Å². The first-order valence-corrected chi connectivity index (χ1v) is 7.07. The lowest BCUT2D eigenvalue weighted by Gasteiger charge is -2.11. The number of halogens is 1. The van der Waals surface area contributed by atoms with Crippen LogP contribution in [-0.4, -0.2) is 44.3 Å². The van der Waals surface area contributed by atoms with Crippen LogP contribution in [0.4, 0.5) is 4.39 Å². The molecule has 1 amide bonds. The fraction of sp³-hybridized carbons (Fsp3) is 0.375. The molecule has 0 aliphatic rings. The molecule has 0 saturated heterocycles. The number of carbonyl (C=O) groups excluding carboxylic acids is 2. The van der Waals surface area contributed by atoms with E-state index in [1.165, 1.54) is 31.2 Å². The van der Waals surface area contributed by atoms with Crippen LogP contribution < -0.4 is 10.1 Å². The van der Waals surface area contributed by atoms with Gasteiger partial charge in [0.15, 0.2) is 12.7 Å². The van der Waals surface area contributed by atoms with Gasteiger partial charge in [0.25, 0.3) is 5.91 Å². The summed E-state index contributed by atoms with van der Waals surface area (Å²) in [6.07, 6.45) is 0.742. The van der Waals surface area contributed by atoms with E-state index in [9.17, 15) is 14.0 Å². The highest BCUT2D eigenvalue weighted by atomic mass is 19.1. The van der Waals surface area contributed by atoms with Crippen LogP contribution in [0.15, 0.2) is 36.9 Å². The van der Waals surface area contributed by atoms with Crippen LogP contribution >= 0.6 is 0 Å². The van der Waals surface area contributed by atoms with Crippen molar-refractivity contribution in [1.29, 1.82) is 0 Å². The second-order valence-electron chi connectivity index (χ2n) is 4.53. The molecule has 0 aromatic heterocycles. The Morgan fingerprint density at radius 2 is 2.22 bits per heavy atom. The number of benzene rings is 1. The van der Waals surface area contributed by atoms with Gasteiger partial charge in [-0.25, -0.2) is 9.18 Å². The van der Waals surface area contributed by atoms with Crippen LogP contribution in [0.3, 0.4) is 0 Å². The number of ether oxygens (including phenoxy) is 3. The molecular weight excluding hydrogens is 305 g/mol. The Morgan fingerprint density at radius 1 is 1.43 bits per heavy atom. The van der Waals surface area contributed by atoms with Gasteiger partial charge in [-0.3, -0.25) is 4.79 Å². The SMILES string of the molecule is C=CCOC(C)C(=O)OCC(=O)NCCOc1cccc(F)c1. The van der Waals surface area contributed by atoms with Crippen LogP contribution in [0.25, 0.3) is 0 Å². The lowest BCUT2D eigenvalue weighted by molar-refractivity contribution is -0.158. The summed E-state index contributed by atoms with van der Waals surface area (Å²) in [5.41, 5.74) is 0. The van der Waals surface area contributed by atoms with Gasteiger partial charge >= 0.3 is 5.97 Å². The third-order valence-corrected chi connectivity index (χ3v) is 2.63. The summed E-state index contributed by atoms with van der Waals surface area (Å²) < 4.78 is 28.0. The average Bonchev–Trinajstić information content (AvgIpc) is 2.54. The van der Waals surface area contributed by atoms with Crippen molar-refractivity contribution in [3.05, 3.63) is 42.7 Å². The van der Waals surface area contributed by atoms with E-state index in [0.717, 1.165) is 0 Å². The minimum atomic E-state index is -0.767. The Labute approximate surface area is 134 Å². The molecule has 0 aliphatic carbocycles. The van der Waals surface area contributed by atoms with Gasteiger partial charge in [-0.05, 0) is 19.1 Å². The van der Waals surface area contributed by atoms with E-state index < -0.39 is 30.4 Å². The Balaban J connectivity index is 2.14. The van der Waals surface area contributed by atoms with Crippen LogP contribution in [0, 0.1) is 5.82 Å². The highest BCUT2D eigenvalue weighted by Crippen LogP contribution is 2.11. The van der Waals surface area contributed by atoms with Crippen molar-refractivity contribution in [2.75, 3.05) is 26.4 Å². The van der Waals surface area contributed by atoms with Crippen molar-refractivity contribution in [2.45, 2.75) is 13.0 Å². The molecule has 0 saturated carbocycles. The standard InChI is InChI=1S/C16H20FNO5/c1-3-8-21-12(2)16(20)23-11-15(19)18-7-9-22-14-6-4-5-13(17)10-14/h3-6,10,12H,1,7-9,11H2,2H3,(H,18,19). The lowest BCUT2D eigenvalue weighted by atomic mass is 10.3. The molecule has 6 nitrogen and oxygen atoms in total. The maximum atomic E-state index is 12.9. The Kier molecular flexibility index (Phi) is 8.38. The first kappa shape index (κ1) is 18.6. The molecule has 0 aliphatic heterocycles. The molecule has 1 atom stereocenters. The number of amides is 1. The smallest absolute Gasteiger partial charge is 0.335 e. The second kappa shape index (κ2) is 10.3.